The molecule has 1 aromatic carbocycles. The summed E-state index contributed by atoms with van der Waals surface area (Å²) in [5.41, 5.74) is 0.258. The van der Waals surface area contributed by atoms with Crippen LogP contribution >= 0.6 is 0 Å². The zero-order chi connectivity index (χ0) is 21.1. The molecule has 0 spiro atoms. The summed E-state index contributed by atoms with van der Waals surface area (Å²) in [6.45, 7) is 9.39. The number of ether oxygens (including phenoxy) is 3. The first-order valence-electron chi connectivity index (χ1n) is 10.2. The molecule has 0 aliphatic carbocycles. The molecule has 1 fully saturated rings. The minimum atomic E-state index is -0.886. The Hall–Kier alpha value is -2.03. The molecule has 0 bridgehead atoms. The molecule has 8 nitrogen and oxygen atoms in total. The molecule has 1 heterocycles. The lowest BCUT2D eigenvalue weighted by Crippen LogP contribution is -2.48. The van der Waals surface area contributed by atoms with Gasteiger partial charge in [0.05, 0.1) is 39.6 Å². The van der Waals surface area contributed by atoms with Gasteiger partial charge in [-0.15, -0.1) is 0 Å². The summed E-state index contributed by atoms with van der Waals surface area (Å²) in [5.74, 6) is 2.15. The van der Waals surface area contributed by atoms with Crippen molar-refractivity contribution in [2.45, 2.75) is 25.9 Å². The van der Waals surface area contributed by atoms with Gasteiger partial charge < -0.3 is 30.0 Å². The Kier molecular flexibility index (Phi) is 9.50. The number of guanidine groups is 1. The molecule has 1 unspecified atom stereocenters. The van der Waals surface area contributed by atoms with E-state index in [0.29, 0.717) is 25.6 Å². The first-order chi connectivity index (χ1) is 14.0. The molecule has 164 valence electrons. The van der Waals surface area contributed by atoms with E-state index in [1.807, 2.05) is 32.0 Å². The minimum Gasteiger partial charge on any atom is -0.493 e. The highest BCUT2D eigenvalue weighted by atomic mass is 16.5. The van der Waals surface area contributed by atoms with Crippen molar-refractivity contribution in [2.75, 3.05) is 66.7 Å². The van der Waals surface area contributed by atoms with Crippen LogP contribution in [0, 0.1) is 0 Å². The van der Waals surface area contributed by atoms with Crippen LogP contribution in [0.5, 0.6) is 11.5 Å². The molecule has 1 aromatic rings. The molecular formula is C21H36N4O4. The zero-order valence-electron chi connectivity index (χ0n) is 18.2. The van der Waals surface area contributed by atoms with Gasteiger partial charge in [-0.05, 0) is 38.0 Å². The summed E-state index contributed by atoms with van der Waals surface area (Å²) in [6, 6.07) is 5.92. The van der Waals surface area contributed by atoms with E-state index in [9.17, 15) is 5.11 Å². The van der Waals surface area contributed by atoms with E-state index in [0.717, 1.165) is 56.3 Å². The number of morpholine rings is 1. The SMILES string of the molecule is CCNC(=NCC(C)(O)CN1CCOCC1)NCCc1ccc(OC)c(OC)c1. The van der Waals surface area contributed by atoms with E-state index in [1.165, 1.54) is 0 Å². The maximum Gasteiger partial charge on any atom is 0.191 e. The van der Waals surface area contributed by atoms with E-state index < -0.39 is 5.60 Å². The molecule has 1 aliphatic rings. The maximum absolute atomic E-state index is 10.7. The quantitative estimate of drug-likeness (QED) is 0.391. The van der Waals surface area contributed by atoms with Crippen LogP contribution < -0.4 is 20.1 Å². The van der Waals surface area contributed by atoms with Crippen LogP contribution in [0.1, 0.15) is 19.4 Å². The summed E-state index contributed by atoms with van der Waals surface area (Å²) in [6.07, 6.45) is 0.814. The number of aliphatic hydroxyl groups is 1. The molecule has 0 aromatic heterocycles. The third-order valence-electron chi connectivity index (χ3n) is 4.74. The van der Waals surface area contributed by atoms with Gasteiger partial charge in [0, 0.05) is 32.7 Å². The zero-order valence-corrected chi connectivity index (χ0v) is 18.2. The highest BCUT2D eigenvalue weighted by molar-refractivity contribution is 5.79. The number of benzene rings is 1. The van der Waals surface area contributed by atoms with E-state index >= 15 is 0 Å². The minimum absolute atomic E-state index is 0.329. The summed E-state index contributed by atoms with van der Waals surface area (Å²) in [7, 11) is 3.27. The maximum atomic E-state index is 10.7. The number of β-amino-alcohol motifs (C(OH)–C–C–N with tert-alkyl or cyclic N) is 1. The second-order valence-corrected chi connectivity index (χ2v) is 7.45. The van der Waals surface area contributed by atoms with Gasteiger partial charge in [0.15, 0.2) is 17.5 Å². The second-order valence-electron chi connectivity index (χ2n) is 7.45. The Balaban J connectivity index is 1.86. The van der Waals surface area contributed by atoms with Crippen molar-refractivity contribution in [3.8, 4) is 11.5 Å². The van der Waals surface area contributed by atoms with Gasteiger partial charge in [-0.1, -0.05) is 6.07 Å². The van der Waals surface area contributed by atoms with Crippen LogP contribution in [0.3, 0.4) is 0 Å². The van der Waals surface area contributed by atoms with Crippen LogP contribution in [-0.2, 0) is 11.2 Å². The van der Waals surface area contributed by atoms with Gasteiger partial charge in [0.1, 0.15) is 0 Å². The normalized spacial score (nSPS) is 17.5. The van der Waals surface area contributed by atoms with Gasteiger partial charge in [0.25, 0.3) is 0 Å². The van der Waals surface area contributed by atoms with Crippen molar-refractivity contribution in [3.05, 3.63) is 23.8 Å². The summed E-state index contributed by atoms with van der Waals surface area (Å²) in [5, 5.41) is 17.3. The van der Waals surface area contributed by atoms with Crippen molar-refractivity contribution in [1.29, 1.82) is 0 Å². The molecule has 3 N–H and O–H groups in total. The Labute approximate surface area is 174 Å². The van der Waals surface area contributed by atoms with E-state index in [1.54, 1.807) is 14.2 Å². The molecule has 1 aliphatic heterocycles. The third-order valence-corrected chi connectivity index (χ3v) is 4.74. The fraction of sp³-hybridized carbons (Fsp3) is 0.667. The second kappa shape index (κ2) is 11.8. The van der Waals surface area contributed by atoms with Crippen molar-refractivity contribution in [3.63, 3.8) is 0 Å². The molecule has 2 rings (SSSR count). The molecule has 1 atom stereocenters. The van der Waals surface area contributed by atoms with Gasteiger partial charge in [-0.25, -0.2) is 0 Å². The number of nitrogens with one attached hydrogen (secondary N) is 2. The summed E-state index contributed by atoms with van der Waals surface area (Å²) in [4.78, 5) is 6.80. The van der Waals surface area contributed by atoms with Gasteiger partial charge in [-0.2, -0.15) is 0 Å². The molecule has 0 radical (unpaired) electrons. The van der Waals surface area contributed by atoms with Gasteiger partial charge >= 0.3 is 0 Å². The van der Waals surface area contributed by atoms with E-state index in [4.69, 9.17) is 14.2 Å². The number of hydrogen-bond donors (Lipinski definition) is 3. The van der Waals surface area contributed by atoms with E-state index in [2.05, 4.69) is 20.5 Å². The number of hydrogen-bond acceptors (Lipinski definition) is 6. The van der Waals surface area contributed by atoms with Crippen LogP contribution in [-0.4, -0.2) is 88.3 Å². The number of rotatable bonds is 10. The topological polar surface area (TPSA) is 87.6 Å². The van der Waals surface area contributed by atoms with Crippen molar-refractivity contribution >= 4 is 5.96 Å². The monoisotopic (exact) mass is 408 g/mol. The average Bonchev–Trinajstić information content (AvgIpc) is 2.72. The van der Waals surface area contributed by atoms with Crippen LogP contribution in [0.4, 0.5) is 0 Å². The first kappa shape index (κ1) is 23.3. The number of nitrogens with zero attached hydrogens (tertiary/aromatic N) is 2. The van der Waals surface area contributed by atoms with Crippen LogP contribution in [0.25, 0.3) is 0 Å². The van der Waals surface area contributed by atoms with E-state index in [-0.39, 0.29) is 0 Å². The Bertz CT molecular complexity index is 646. The first-order valence-corrected chi connectivity index (χ1v) is 10.2. The number of aliphatic imine (C=N–C) groups is 1. The lowest BCUT2D eigenvalue weighted by molar-refractivity contribution is -0.0179. The Morgan fingerprint density at radius 2 is 1.93 bits per heavy atom. The summed E-state index contributed by atoms with van der Waals surface area (Å²) >= 11 is 0. The van der Waals surface area contributed by atoms with Crippen LogP contribution in [0.2, 0.25) is 0 Å². The molecule has 8 heteroatoms. The lowest BCUT2D eigenvalue weighted by Gasteiger charge is -2.33. The average molecular weight is 409 g/mol. The predicted molar refractivity (Wildman–Crippen MR) is 115 cm³/mol. The van der Waals surface area contributed by atoms with Gasteiger partial charge in [0.2, 0.25) is 0 Å². The van der Waals surface area contributed by atoms with Crippen molar-refractivity contribution < 1.29 is 19.3 Å². The van der Waals surface area contributed by atoms with Crippen molar-refractivity contribution in [1.82, 2.24) is 15.5 Å². The highest BCUT2D eigenvalue weighted by Gasteiger charge is 2.25. The highest BCUT2D eigenvalue weighted by Crippen LogP contribution is 2.27. The standard InChI is InChI=1S/C21H36N4O4/c1-5-22-20(24-15-21(2,26)16-25-10-12-29-13-11-25)23-9-8-17-6-7-18(27-3)19(14-17)28-4/h6-7,14,26H,5,8-13,15-16H2,1-4H3,(H2,22,23,24). The molecule has 29 heavy (non-hydrogen) atoms. The Morgan fingerprint density at radius 3 is 2.59 bits per heavy atom. The molecule has 0 saturated carbocycles. The van der Waals surface area contributed by atoms with Crippen molar-refractivity contribution in [2.24, 2.45) is 4.99 Å². The largest absolute Gasteiger partial charge is 0.493 e. The fourth-order valence-electron chi connectivity index (χ4n) is 3.24. The number of methoxy groups -OCH3 is 2. The van der Waals surface area contributed by atoms with Gasteiger partial charge in [-0.3, -0.25) is 9.89 Å². The third kappa shape index (κ3) is 8.08. The van der Waals surface area contributed by atoms with Crippen LogP contribution in [0.15, 0.2) is 23.2 Å². The summed E-state index contributed by atoms with van der Waals surface area (Å²) < 4.78 is 16.0. The lowest BCUT2D eigenvalue weighted by atomic mass is 10.1. The Morgan fingerprint density at radius 1 is 1.21 bits per heavy atom. The smallest absolute Gasteiger partial charge is 0.191 e. The molecular weight excluding hydrogens is 372 g/mol. The molecule has 1 saturated heterocycles. The fourth-order valence-corrected chi connectivity index (χ4v) is 3.24. The molecule has 0 amide bonds. The predicted octanol–water partition coefficient (Wildman–Crippen LogP) is 0.885.